The van der Waals surface area contributed by atoms with Gasteiger partial charge in [-0.05, 0) is 30.5 Å². The third-order valence-corrected chi connectivity index (χ3v) is 6.49. The molecule has 142 valence electrons. The van der Waals surface area contributed by atoms with E-state index in [2.05, 4.69) is 15.5 Å². The lowest BCUT2D eigenvalue weighted by atomic mass is 9.94. The maximum Gasteiger partial charge on any atom is 0.251 e. The van der Waals surface area contributed by atoms with Gasteiger partial charge >= 0.3 is 0 Å². The number of hydrogen-bond acceptors (Lipinski definition) is 4. The molecule has 2 aliphatic rings. The maximum atomic E-state index is 12.6. The molecule has 2 fully saturated rings. The normalized spacial score (nSPS) is 19.9. The summed E-state index contributed by atoms with van der Waals surface area (Å²) in [5.41, 5.74) is 1.83. The predicted molar refractivity (Wildman–Crippen MR) is 106 cm³/mol. The smallest absolute Gasteiger partial charge is 0.251 e. The van der Waals surface area contributed by atoms with Crippen molar-refractivity contribution in [1.29, 1.82) is 0 Å². The number of benzene rings is 1. The summed E-state index contributed by atoms with van der Waals surface area (Å²) in [5.74, 6) is 2.34. The molecular formula is C20H29N3O2S. The second kappa shape index (κ2) is 8.91. The van der Waals surface area contributed by atoms with Crippen LogP contribution >= 0.6 is 11.8 Å². The third-order valence-electron chi connectivity index (χ3n) is 5.55. The highest BCUT2D eigenvalue weighted by Crippen LogP contribution is 2.36. The molecule has 6 heteroatoms. The molecule has 1 saturated heterocycles. The lowest BCUT2D eigenvalue weighted by molar-refractivity contribution is -0.119. The second-order valence-corrected chi connectivity index (χ2v) is 8.54. The number of carbonyl (C=O) groups is 2. The van der Waals surface area contributed by atoms with E-state index in [1.165, 1.54) is 44.1 Å². The lowest BCUT2D eigenvalue weighted by Gasteiger charge is -2.43. The molecule has 26 heavy (non-hydrogen) atoms. The molecule has 0 radical (unpaired) electrons. The first-order valence-electron chi connectivity index (χ1n) is 9.53. The molecule has 2 N–H and O–H groups in total. The van der Waals surface area contributed by atoms with Crippen LogP contribution in [-0.4, -0.2) is 53.4 Å². The molecule has 1 heterocycles. The molecule has 1 aliphatic heterocycles. The van der Waals surface area contributed by atoms with Gasteiger partial charge in [0.1, 0.15) is 0 Å². The minimum Gasteiger partial charge on any atom is -0.352 e. The van der Waals surface area contributed by atoms with E-state index in [1.807, 2.05) is 36.0 Å². The van der Waals surface area contributed by atoms with Crippen molar-refractivity contribution in [2.75, 3.05) is 31.1 Å². The van der Waals surface area contributed by atoms with Crippen molar-refractivity contribution in [2.24, 2.45) is 0 Å². The van der Waals surface area contributed by atoms with Crippen LogP contribution in [0.1, 0.15) is 48.5 Å². The van der Waals surface area contributed by atoms with Crippen molar-refractivity contribution >= 4 is 23.6 Å². The van der Waals surface area contributed by atoms with Crippen LogP contribution in [0.4, 0.5) is 0 Å². The van der Waals surface area contributed by atoms with Crippen LogP contribution in [0.5, 0.6) is 0 Å². The van der Waals surface area contributed by atoms with E-state index in [0.717, 1.165) is 25.2 Å². The average molecular weight is 376 g/mol. The van der Waals surface area contributed by atoms with E-state index in [1.54, 1.807) is 0 Å². The fourth-order valence-corrected chi connectivity index (χ4v) is 4.93. The number of carbonyl (C=O) groups excluding carboxylic acids is 2. The van der Waals surface area contributed by atoms with Crippen molar-refractivity contribution in [2.45, 2.75) is 44.7 Å². The number of thioether (sulfide) groups is 1. The molecule has 0 unspecified atom stereocenters. The summed E-state index contributed by atoms with van der Waals surface area (Å²) in [6, 6.07) is 7.48. The lowest BCUT2D eigenvalue weighted by Crippen LogP contribution is -2.56. The van der Waals surface area contributed by atoms with Crippen molar-refractivity contribution in [3.05, 3.63) is 35.4 Å². The summed E-state index contributed by atoms with van der Waals surface area (Å²) in [6.45, 7) is 5.01. The van der Waals surface area contributed by atoms with Crippen LogP contribution in [0.15, 0.2) is 24.3 Å². The Morgan fingerprint density at radius 2 is 1.73 bits per heavy atom. The minimum atomic E-state index is -0.0511. The first kappa shape index (κ1) is 19.2. The highest BCUT2D eigenvalue weighted by molar-refractivity contribution is 7.99. The van der Waals surface area contributed by atoms with Gasteiger partial charge in [-0.15, -0.1) is 0 Å². The number of nitrogens with zero attached hydrogens (tertiary/aromatic N) is 1. The summed E-state index contributed by atoms with van der Waals surface area (Å²) in [5, 5.41) is 5.96. The van der Waals surface area contributed by atoms with Crippen molar-refractivity contribution < 1.29 is 9.59 Å². The molecule has 0 bridgehead atoms. The number of rotatable bonds is 6. The van der Waals surface area contributed by atoms with Crippen LogP contribution < -0.4 is 10.6 Å². The first-order chi connectivity index (χ1) is 12.6. The topological polar surface area (TPSA) is 61.4 Å². The van der Waals surface area contributed by atoms with Gasteiger partial charge in [-0.3, -0.25) is 14.5 Å². The summed E-state index contributed by atoms with van der Waals surface area (Å²) in [4.78, 5) is 26.2. The van der Waals surface area contributed by atoms with Crippen molar-refractivity contribution in [1.82, 2.24) is 15.5 Å². The van der Waals surface area contributed by atoms with Gasteiger partial charge in [0, 0.05) is 55.7 Å². The quantitative estimate of drug-likeness (QED) is 0.802. The number of amides is 2. The van der Waals surface area contributed by atoms with Gasteiger partial charge in [-0.25, -0.2) is 0 Å². The fraction of sp³-hybridized carbons (Fsp3) is 0.600. The zero-order chi connectivity index (χ0) is 18.4. The molecule has 2 amide bonds. The Morgan fingerprint density at radius 3 is 2.35 bits per heavy atom. The molecule has 1 aromatic rings. The van der Waals surface area contributed by atoms with E-state index in [-0.39, 0.29) is 17.4 Å². The standard InChI is InChI=1S/C20H29N3O2S/c1-16(24)21-14-17-4-6-18(7-5-17)19(25)22-15-20(8-2-3-9-20)23-10-12-26-13-11-23/h4-7H,2-3,8-15H2,1H3,(H,21,24)(H,22,25). The Balaban J connectivity index is 1.57. The van der Waals surface area contributed by atoms with Crippen LogP contribution in [0.3, 0.4) is 0 Å². The molecular weight excluding hydrogens is 346 g/mol. The molecule has 0 aromatic heterocycles. The zero-order valence-corrected chi connectivity index (χ0v) is 16.4. The highest BCUT2D eigenvalue weighted by atomic mass is 32.2. The molecule has 5 nitrogen and oxygen atoms in total. The Morgan fingerprint density at radius 1 is 1.08 bits per heavy atom. The Labute approximate surface area is 160 Å². The van der Waals surface area contributed by atoms with E-state index in [9.17, 15) is 9.59 Å². The van der Waals surface area contributed by atoms with Crippen LogP contribution in [-0.2, 0) is 11.3 Å². The Hall–Kier alpha value is -1.53. The molecule has 1 saturated carbocycles. The maximum absolute atomic E-state index is 12.6. The van der Waals surface area contributed by atoms with Gasteiger partial charge in [0.2, 0.25) is 5.91 Å². The van der Waals surface area contributed by atoms with Crippen LogP contribution in [0, 0.1) is 0 Å². The van der Waals surface area contributed by atoms with E-state index < -0.39 is 0 Å². The summed E-state index contributed by atoms with van der Waals surface area (Å²) >= 11 is 2.03. The largest absolute Gasteiger partial charge is 0.352 e. The average Bonchev–Trinajstić information content (AvgIpc) is 3.16. The van der Waals surface area contributed by atoms with Gasteiger partial charge in [-0.1, -0.05) is 25.0 Å². The van der Waals surface area contributed by atoms with E-state index in [0.29, 0.717) is 12.1 Å². The Kier molecular flexibility index (Phi) is 6.59. The first-order valence-corrected chi connectivity index (χ1v) is 10.7. The summed E-state index contributed by atoms with van der Waals surface area (Å²) in [6.07, 6.45) is 4.90. The van der Waals surface area contributed by atoms with Crippen LogP contribution in [0.25, 0.3) is 0 Å². The van der Waals surface area contributed by atoms with Crippen LogP contribution in [0.2, 0.25) is 0 Å². The SMILES string of the molecule is CC(=O)NCc1ccc(C(=O)NCC2(N3CCSCC3)CCCC2)cc1. The summed E-state index contributed by atoms with van der Waals surface area (Å²) < 4.78 is 0. The van der Waals surface area contributed by atoms with Crippen molar-refractivity contribution in [3.8, 4) is 0 Å². The minimum absolute atomic E-state index is 0.00580. The van der Waals surface area contributed by atoms with Gasteiger partial charge in [0.05, 0.1) is 0 Å². The highest BCUT2D eigenvalue weighted by Gasteiger charge is 2.40. The van der Waals surface area contributed by atoms with Gasteiger partial charge < -0.3 is 10.6 Å². The van der Waals surface area contributed by atoms with Crippen molar-refractivity contribution in [3.63, 3.8) is 0 Å². The van der Waals surface area contributed by atoms with E-state index in [4.69, 9.17) is 0 Å². The molecule has 1 aliphatic carbocycles. The second-order valence-electron chi connectivity index (χ2n) is 7.32. The van der Waals surface area contributed by atoms with Gasteiger partial charge in [0.15, 0.2) is 0 Å². The Bertz CT molecular complexity index is 620. The summed E-state index contributed by atoms with van der Waals surface area (Å²) in [7, 11) is 0. The molecule has 0 atom stereocenters. The third kappa shape index (κ3) is 4.80. The monoisotopic (exact) mass is 375 g/mol. The molecule has 3 rings (SSSR count). The number of hydrogen-bond donors (Lipinski definition) is 2. The number of nitrogens with one attached hydrogen (secondary N) is 2. The molecule has 0 spiro atoms. The molecule has 1 aromatic carbocycles. The van der Waals surface area contributed by atoms with Gasteiger partial charge in [0.25, 0.3) is 5.91 Å². The predicted octanol–water partition coefficient (Wildman–Crippen LogP) is 2.41. The van der Waals surface area contributed by atoms with E-state index >= 15 is 0 Å². The van der Waals surface area contributed by atoms with Gasteiger partial charge in [-0.2, -0.15) is 11.8 Å². The zero-order valence-electron chi connectivity index (χ0n) is 15.6. The fourth-order valence-electron chi connectivity index (χ4n) is 4.02.